The van der Waals surface area contributed by atoms with Crippen LogP contribution in [-0.4, -0.2) is 4.98 Å². The first kappa shape index (κ1) is 13.7. The largest absolute Gasteiger partial charge is 0.336 e. The Morgan fingerprint density at radius 1 is 0.950 bits per heavy atom. The monoisotopic (exact) mass is 361 g/mol. The Bertz CT molecular complexity index is 717. The molecule has 0 amide bonds. The maximum Gasteiger partial charge on any atom is 0.159 e. The molecule has 1 nitrogen and oxygen atoms in total. The van der Waals surface area contributed by atoms with Crippen molar-refractivity contribution in [2.24, 2.45) is 0 Å². The highest BCUT2D eigenvalue weighted by Crippen LogP contribution is 2.35. The summed E-state index contributed by atoms with van der Waals surface area (Å²) in [5.74, 6) is 0. The average molecular weight is 362 g/mol. The Labute approximate surface area is 135 Å². The van der Waals surface area contributed by atoms with Crippen molar-refractivity contribution in [2.75, 3.05) is 0 Å². The minimum atomic E-state index is 0.804. The van der Waals surface area contributed by atoms with E-state index >= 15 is 0 Å². The summed E-state index contributed by atoms with van der Waals surface area (Å²) >= 11 is 10.4. The number of thiazole rings is 1. The van der Waals surface area contributed by atoms with Gasteiger partial charge in [-0.25, -0.2) is 0 Å². The second-order valence-corrected chi connectivity index (χ2v) is 7.19. The maximum absolute atomic E-state index is 5.33. The van der Waals surface area contributed by atoms with Crippen LogP contribution in [0.15, 0.2) is 53.0 Å². The van der Waals surface area contributed by atoms with Crippen LogP contribution in [0, 0.1) is 10.9 Å². The summed E-state index contributed by atoms with van der Waals surface area (Å²) in [6.07, 6.45) is 0. The Hall–Kier alpha value is -1.23. The lowest BCUT2D eigenvalue weighted by molar-refractivity contribution is 1.37. The lowest BCUT2D eigenvalue weighted by Gasteiger charge is -2.04. The van der Waals surface area contributed by atoms with E-state index in [4.69, 9.17) is 12.2 Å². The number of H-pyrrole nitrogens is 1. The first-order valence-electron chi connectivity index (χ1n) is 6.19. The quantitative estimate of drug-likeness (QED) is 0.536. The lowest BCUT2D eigenvalue weighted by atomic mass is 10.1. The van der Waals surface area contributed by atoms with Gasteiger partial charge in [-0.15, -0.1) is 11.3 Å². The highest BCUT2D eigenvalue weighted by molar-refractivity contribution is 9.10. The molecule has 0 aliphatic rings. The van der Waals surface area contributed by atoms with Gasteiger partial charge >= 0.3 is 0 Å². The van der Waals surface area contributed by atoms with Crippen LogP contribution in [0.5, 0.6) is 0 Å². The van der Waals surface area contributed by atoms with Crippen LogP contribution >= 0.6 is 39.5 Å². The van der Waals surface area contributed by atoms with E-state index in [1.807, 2.05) is 0 Å². The minimum Gasteiger partial charge on any atom is -0.336 e. The van der Waals surface area contributed by atoms with Gasteiger partial charge in [0.25, 0.3) is 0 Å². The third-order valence-electron chi connectivity index (χ3n) is 3.10. The fourth-order valence-corrected chi connectivity index (χ4v) is 3.54. The number of aryl methyl sites for hydroxylation is 1. The van der Waals surface area contributed by atoms with Gasteiger partial charge in [0.05, 0.1) is 10.6 Å². The minimum absolute atomic E-state index is 0.804. The Morgan fingerprint density at radius 2 is 1.55 bits per heavy atom. The molecule has 4 heteroatoms. The molecule has 0 saturated heterocycles. The molecule has 0 saturated carbocycles. The van der Waals surface area contributed by atoms with Crippen molar-refractivity contribution in [1.29, 1.82) is 0 Å². The molecule has 3 aromatic rings. The van der Waals surface area contributed by atoms with E-state index < -0.39 is 0 Å². The molecule has 2 aromatic carbocycles. The molecule has 1 heterocycles. The van der Waals surface area contributed by atoms with Crippen molar-refractivity contribution in [3.8, 4) is 21.7 Å². The predicted molar refractivity (Wildman–Crippen MR) is 92.8 cm³/mol. The number of aromatic amines is 1. The number of hydrogen-bond donors (Lipinski definition) is 1. The van der Waals surface area contributed by atoms with E-state index in [9.17, 15) is 0 Å². The molecule has 0 aliphatic carbocycles. The van der Waals surface area contributed by atoms with Gasteiger partial charge in [-0.05, 0) is 42.4 Å². The van der Waals surface area contributed by atoms with Crippen molar-refractivity contribution in [2.45, 2.75) is 6.92 Å². The van der Waals surface area contributed by atoms with Crippen molar-refractivity contribution in [1.82, 2.24) is 4.98 Å². The van der Waals surface area contributed by atoms with Gasteiger partial charge in [-0.3, -0.25) is 0 Å². The van der Waals surface area contributed by atoms with Crippen LogP contribution in [0.1, 0.15) is 5.56 Å². The molecule has 0 bridgehead atoms. The Morgan fingerprint density at radius 3 is 2.20 bits per heavy atom. The predicted octanol–water partition coefficient (Wildman–Crippen LogP) is 6.21. The summed E-state index contributed by atoms with van der Waals surface area (Å²) in [5, 5.41) is 0. The number of nitrogens with one attached hydrogen (secondary N) is 1. The van der Waals surface area contributed by atoms with Gasteiger partial charge in [-0.1, -0.05) is 57.9 Å². The zero-order chi connectivity index (χ0) is 14.1. The maximum atomic E-state index is 5.33. The van der Waals surface area contributed by atoms with Gasteiger partial charge in [0.2, 0.25) is 0 Å². The van der Waals surface area contributed by atoms with Crippen LogP contribution < -0.4 is 0 Å². The number of hydrogen-bond acceptors (Lipinski definition) is 2. The van der Waals surface area contributed by atoms with Crippen LogP contribution in [0.4, 0.5) is 0 Å². The zero-order valence-corrected chi connectivity index (χ0v) is 14.0. The van der Waals surface area contributed by atoms with Gasteiger partial charge in [0.1, 0.15) is 0 Å². The number of aromatic nitrogens is 1. The number of halogens is 1. The Kier molecular flexibility index (Phi) is 3.87. The smallest absolute Gasteiger partial charge is 0.159 e. The van der Waals surface area contributed by atoms with E-state index in [0.717, 1.165) is 14.1 Å². The summed E-state index contributed by atoms with van der Waals surface area (Å²) in [5.41, 5.74) is 4.71. The van der Waals surface area contributed by atoms with Crippen LogP contribution in [0.3, 0.4) is 0 Å². The molecule has 0 atom stereocenters. The van der Waals surface area contributed by atoms with E-state index in [0.29, 0.717) is 0 Å². The van der Waals surface area contributed by atoms with Crippen molar-refractivity contribution < 1.29 is 0 Å². The fourth-order valence-electron chi connectivity index (χ4n) is 2.06. The van der Waals surface area contributed by atoms with Crippen LogP contribution in [0.25, 0.3) is 21.7 Å². The van der Waals surface area contributed by atoms with E-state index in [1.165, 1.54) is 21.6 Å². The molecular weight excluding hydrogens is 350 g/mol. The summed E-state index contributed by atoms with van der Waals surface area (Å²) in [6.45, 7) is 2.09. The summed E-state index contributed by atoms with van der Waals surface area (Å²) in [6, 6.07) is 16.8. The molecule has 0 radical (unpaired) electrons. The summed E-state index contributed by atoms with van der Waals surface area (Å²) in [7, 11) is 0. The third kappa shape index (κ3) is 2.77. The third-order valence-corrected chi connectivity index (χ3v) is 4.91. The second-order valence-electron chi connectivity index (χ2n) is 4.59. The summed E-state index contributed by atoms with van der Waals surface area (Å²) in [4.78, 5) is 4.50. The highest BCUT2D eigenvalue weighted by Gasteiger charge is 2.10. The van der Waals surface area contributed by atoms with Crippen molar-refractivity contribution in [3.05, 3.63) is 62.5 Å². The molecule has 20 heavy (non-hydrogen) atoms. The molecular formula is C16H12BrNS2. The van der Waals surface area contributed by atoms with Crippen LogP contribution in [-0.2, 0) is 0 Å². The van der Waals surface area contributed by atoms with Gasteiger partial charge in [-0.2, -0.15) is 0 Å². The first-order valence-corrected chi connectivity index (χ1v) is 8.21. The molecule has 1 N–H and O–H groups in total. The van der Waals surface area contributed by atoms with Crippen molar-refractivity contribution in [3.63, 3.8) is 0 Å². The van der Waals surface area contributed by atoms with E-state index in [1.54, 1.807) is 11.3 Å². The fraction of sp³-hybridized carbons (Fsp3) is 0.0625. The zero-order valence-electron chi connectivity index (χ0n) is 10.8. The lowest BCUT2D eigenvalue weighted by Crippen LogP contribution is -1.82. The molecule has 0 fully saturated rings. The van der Waals surface area contributed by atoms with Crippen LogP contribution in [0.2, 0.25) is 0 Å². The average Bonchev–Trinajstić information content (AvgIpc) is 2.82. The standard InChI is InChI=1S/C16H12BrNS2/c1-10-2-4-11(5-3-10)14-15(20-16(19)18-14)12-6-8-13(17)9-7-12/h2-9H,1H3,(H,18,19). The molecule has 0 aliphatic heterocycles. The van der Waals surface area contributed by atoms with Gasteiger partial charge in [0.15, 0.2) is 3.95 Å². The molecule has 0 unspecified atom stereocenters. The van der Waals surface area contributed by atoms with E-state index in [-0.39, 0.29) is 0 Å². The molecule has 0 spiro atoms. The second kappa shape index (κ2) is 5.64. The molecule has 1 aromatic heterocycles. The van der Waals surface area contributed by atoms with Gasteiger partial charge < -0.3 is 4.98 Å². The van der Waals surface area contributed by atoms with Crippen molar-refractivity contribution >= 4 is 39.5 Å². The normalized spacial score (nSPS) is 10.7. The van der Waals surface area contributed by atoms with E-state index in [2.05, 4.69) is 76.4 Å². The molecule has 100 valence electrons. The number of rotatable bonds is 2. The SMILES string of the molecule is Cc1ccc(-c2[nH]c(=S)sc2-c2ccc(Br)cc2)cc1. The summed E-state index contributed by atoms with van der Waals surface area (Å²) < 4.78 is 1.88. The topological polar surface area (TPSA) is 15.8 Å². The van der Waals surface area contributed by atoms with Gasteiger partial charge in [0, 0.05) is 4.47 Å². The molecule has 3 rings (SSSR count). The first-order chi connectivity index (χ1) is 9.63. The number of benzene rings is 2. The highest BCUT2D eigenvalue weighted by atomic mass is 79.9. The Balaban J connectivity index is 2.15.